The standard InChI is InChI=1S/C14H25N3O2S/c1-5-7-17(13(18)19-14(2,3)4)8-6-15-9-12-10-20-11-16-12/h10-11,15H,5-9H2,1-4H3. The van der Waals surface area contributed by atoms with Crippen molar-refractivity contribution in [3.05, 3.63) is 16.6 Å². The molecule has 0 aromatic carbocycles. The van der Waals surface area contributed by atoms with E-state index in [2.05, 4.69) is 17.2 Å². The van der Waals surface area contributed by atoms with Crippen LogP contribution >= 0.6 is 11.3 Å². The Bertz CT molecular complexity index is 388. The summed E-state index contributed by atoms with van der Waals surface area (Å²) in [5.41, 5.74) is 2.41. The van der Waals surface area contributed by atoms with Crippen LogP contribution in [0.1, 0.15) is 39.8 Å². The minimum Gasteiger partial charge on any atom is -0.444 e. The van der Waals surface area contributed by atoms with Gasteiger partial charge in [0.2, 0.25) is 0 Å². The summed E-state index contributed by atoms with van der Waals surface area (Å²) in [4.78, 5) is 18.0. The maximum atomic E-state index is 12.0. The molecule has 1 aromatic heterocycles. The van der Waals surface area contributed by atoms with Gasteiger partial charge in [-0.05, 0) is 27.2 Å². The van der Waals surface area contributed by atoms with Crippen LogP contribution in [0.2, 0.25) is 0 Å². The van der Waals surface area contributed by atoms with E-state index in [0.717, 1.165) is 25.2 Å². The van der Waals surface area contributed by atoms with E-state index in [9.17, 15) is 4.79 Å². The van der Waals surface area contributed by atoms with Crippen molar-refractivity contribution in [2.24, 2.45) is 0 Å². The topological polar surface area (TPSA) is 54.5 Å². The largest absolute Gasteiger partial charge is 0.444 e. The van der Waals surface area contributed by atoms with E-state index in [1.165, 1.54) is 0 Å². The van der Waals surface area contributed by atoms with Crippen molar-refractivity contribution in [1.29, 1.82) is 0 Å². The fraction of sp³-hybridized carbons (Fsp3) is 0.714. The Labute approximate surface area is 125 Å². The smallest absolute Gasteiger partial charge is 0.410 e. The maximum Gasteiger partial charge on any atom is 0.410 e. The number of aromatic nitrogens is 1. The molecule has 0 saturated carbocycles. The number of carbonyl (C=O) groups is 1. The van der Waals surface area contributed by atoms with Gasteiger partial charge in [-0.2, -0.15) is 0 Å². The van der Waals surface area contributed by atoms with E-state index >= 15 is 0 Å². The third kappa shape index (κ3) is 6.86. The molecule has 0 aliphatic heterocycles. The summed E-state index contributed by atoms with van der Waals surface area (Å²) in [6.45, 7) is 10.5. The van der Waals surface area contributed by atoms with E-state index in [1.807, 2.05) is 31.7 Å². The molecule has 0 unspecified atom stereocenters. The summed E-state index contributed by atoms with van der Waals surface area (Å²) in [5, 5.41) is 5.31. The lowest BCUT2D eigenvalue weighted by molar-refractivity contribution is 0.0252. The molecule has 0 aliphatic carbocycles. The Kier molecular flexibility index (Phi) is 6.95. The molecule has 0 bridgehead atoms. The lowest BCUT2D eigenvalue weighted by Gasteiger charge is -2.27. The van der Waals surface area contributed by atoms with Crippen molar-refractivity contribution in [1.82, 2.24) is 15.2 Å². The number of thiazole rings is 1. The second-order valence-corrected chi connectivity index (χ2v) is 6.34. The fourth-order valence-corrected chi connectivity index (χ4v) is 2.20. The highest BCUT2D eigenvalue weighted by Crippen LogP contribution is 2.10. The van der Waals surface area contributed by atoms with Gasteiger partial charge in [0.25, 0.3) is 0 Å². The molecular formula is C14H25N3O2S. The number of nitrogens with one attached hydrogen (secondary N) is 1. The normalized spacial score (nSPS) is 11.4. The summed E-state index contributed by atoms with van der Waals surface area (Å²) in [6, 6.07) is 0. The molecule has 1 amide bonds. The predicted octanol–water partition coefficient (Wildman–Crippen LogP) is 2.88. The first-order chi connectivity index (χ1) is 9.42. The molecule has 5 nitrogen and oxygen atoms in total. The average molecular weight is 299 g/mol. The van der Waals surface area contributed by atoms with Crippen LogP contribution in [-0.2, 0) is 11.3 Å². The van der Waals surface area contributed by atoms with Crippen molar-refractivity contribution in [2.45, 2.75) is 46.3 Å². The molecule has 6 heteroatoms. The average Bonchev–Trinajstić information content (AvgIpc) is 2.83. The van der Waals surface area contributed by atoms with Crippen LogP contribution in [-0.4, -0.2) is 41.2 Å². The van der Waals surface area contributed by atoms with Gasteiger partial charge in [0, 0.05) is 31.6 Å². The monoisotopic (exact) mass is 299 g/mol. The van der Waals surface area contributed by atoms with Crippen LogP contribution in [0.3, 0.4) is 0 Å². The molecular weight excluding hydrogens is 274 g/mol. The number of nitrogens with zero attached hydrogens (tertiary/aromatic N) is 2. The van der Waals surface area contributed by atoms with Gasteiger partial charge in [0.15, 0.2) is 0 Å². The Balaban J connectivity index is 2.32. The first-order valence-electron chi connectivity index (χ1n) is 6.98. The lowest BCUT2D eigenvalue weighted by atomic mass is 10.2. The van der Waals surface area contributed by atoms with Crippen molar-refractivity contribution in [3.8, 4) is 0 Å². The van der Waals surface area contributed by atoms with Gasteiger partial charge in [-0.15, -0.1) is 11.3 Å². The number of amides is 1. The van der Waals surface area contributed by atoms with Crippen LogP contribution < -0.4 is 5.32 Å². The minimum absolute atomic E-state index is 0.241. The molecule has 1 rings (SSSR count). The molecule has 0 atom stereocenters. The summed E-state index contributed by atoms with van der Waals surface area (Å²) in [5.74, 6) is 0. The van der Waals surface area contributed by atoms with Gasteiger partial charge in [-0.1, -0.05) is 6.92 Å². The van der Waals surface area contributed by atoms with Crippen LogP contribution in [0.25, 0.3) is 0 Å². The van der Waals surface area contributed by atoms with Crippen molar-refractivity contribution in [3.63, 3.8) is 0 Å². The Morgan fingerprint density at radius 1 is 1.45 bits per heavy atom. The zero-order valence-electron chi connectivity index (χ0n) is 12.8. The lowest BCUT2D eigenvalue weighted by Crippen LogP contribution is -2.40. The molecule has 0 saturated heterocycles. The van der Waals surface area contributed by atoms with Gasteiger partial charge in [-0.25, -0.2) is 9.78 Å². The molecule has 1 aromatic rings. The number of rotatable bonds is 7. The van der Waals surface area contributed by atoms with Gasteiger partial charge in [0.1, 0.15) is 5.60 Å². The van der Waals surface area contributed by atoms with E-state index in [1.54, 1.807) is 16.2 Å². The maximum absolute atomic E-state index is 12.0. The summed E-state index contributed by atoms with van der Waals surface area (Å²) in [6.07, 6.45) is 0.681. The van der Waals surface area contributed by atoms with Gasteiger partial charge >= 0.3 is 6.09 Å². The Hall–Kier alpha value is -1.14. The molecule has 1 N–H and O–H groups in total. The molecule has 114 valence electrons. The predicted molar refractivity (Wildman–Crippen MR) is 81.9 cm³/mol. The number of carbonyl (C=O) groups excluding carboxylic acids is 1. The summed E-state index contributed by atoms with van der Waals surface area (Å²) >= 11 is 1.59. The number of ether oxygens (including phenoxy) is 1. The molecule has 0 aliphatic rings. The highest BCUT2D eigenvalue weighted by molar-refractivity contribution is 7.07. The molecule has 1 heterocycles. The SMILES string of the molecule is CCCN(CCNCc1cscn1)C(=O)OC(C)(C)C. The van der Waals surface area contributed by atoms with Gasteiger partial charge in [-0.3, -0.25) is 0 Å². The third-order valence-electron chi connectivity index (χ3n) is 2.49. The van der Waals surface area contributed by atoms with Crippen molar-refractivity contribution >= 4 is 17.4 Å². The van der Waals surface area contributed by atoms with Gasteiger partial charge in [0.05, 0.1) is 11.2 Å². The number of hydrogen-bond donors (Lipinski definition) is 1. The zero-order chi connectivity index (χ0) is 15.0. The molecule has 0 spiro atoms. The van der Waals surface area contributed by atoms with E-state index in [0.29, 0.717) is 13.1 Å². The summed E-state index contributed by atoms with van der Waals surface area (Å²) in [7, 11) is 0. The number of hydrogen-bond acceptors (Lipinski definition) is 5. The molecule has 0 fully saturated rings. The van der Waals surface area contributed by atoms with Crippen LogP contribution in [0.15, 0.2) is 10.9 Å². The Morgan fingerprint density at radius 3 is 2.75 bits per heavy atom. The fourth-order valence-electron chi connectivity index (χ4n) is 1.65. The van der Waals surface area contributed by atoms with E-state index in [-0.39, 0.29) is 6.09 Å². The molecule has 0 radical (unpaired) electrons. The van der Waals surface area contributed by atoms with E-state index < -0.39 is 5.60 Å². The van der Waals surface area contributed by atoms with Crippen molar-refractivity contribution in [2.75, 3.05) is 19.6 Å². The van der Waals surface area contributed by atoms with Crippen LogP contribution in [0.4, 0.5) is 4.79 Å². The minimum atomic E-state index is -0.447. The van der Waals surface area contributed by atoms with Crippen LogP contribution in [0, 0.1) is 0 Å². The third-order valence-corrected chi connectivity index (χ3v) is 3.13. The zero-order valence-corrected chi connectivity index (χ0v) is 13.6. The van der Waals surface area contributed by atoms with Gasteiger partial charge < -0.3 is 15.0 Å². The second kappa shape index (κ2) is 8.21. The second-order valence-electron chi connectivity index (χ2n) is 5.62. The van der Waals surface area contributed by atoms with E-state index in [4.69, 9.17) is 4.74 Å². The summed E-state index contributed by atoms with van der Waals surface area (Å²) < 4.78 is 5.40. The first-order valence-corrected chi connectivity index (χ1v) is 7.92. The molecule has 20 heavy (non-hydrogen) atoms. The Morgan fingerprint density at radius 2 is 2.20 bits per heavy atom. The highest BCUT2D eigenvalue weighted by Gasteiger charge is 2.21. The van der Waals surface area contributed by atoms with Crippen molar-refractivity contribution < 1.29 is 9.53 Å². The highest BCUT2D eigenvalue weighted by atomic mass is 32.1. The first kappa shape index (κ1) is 16.9. The quantitative estimate of drug-likeness (QED) is 0.787. The van der Waals surface area contributed by atoms with Crippen LogP contribution in [0.5, 0.6) is 0 Å².